The molecule has 3 heteroatoms. The normalized spacial score (nSPS) is 16.1. The van der Waals surface area contributed by atoms with Crippen molar-refractivity contribution in [1.29, 1.82) is 0 Å². The van der Waals surface area contributed by atoms with Crippen LogP contribution in [0.4, 0.5) is 0 Å². The van der Waals surface area contributed by atoms with Crippen LogP contribution in [0.15, 0.2) is 77.6 Å². The Kier molecular flexibility index (Phi) is 2.85. The van der Waals surface area contributed by atoms with Gasteiger partial charge in [-0.25, -0.2) is 4.98 Å². The van der Waals surface area contributed by atoms with Crippen molar-refractivity contribution in [2.24, 2.45) is 0 Å². The summed E-state index contributed by atoms with van der Waals surface area (Å²) in [5.74, 6) is 0.918. The molecular formula is C24H18N2O. The summed E-state index contributed by atoms with van der Waals surface area (Å²) < 4.78 is 1.91. The third-order valence-electron chi connectivity index (χ3n) is 6.25. The molecule has 3 nitrogen and oxygen atoms in total. The van der Waals surface area contributed by atoms with E-state index in [1.54, 1.807) is 0 Å². The Hall–Kier alpha value is -3.20. The Morgan fingerprint density at radius 3 is 2.19 bits per heavy atom. The predicted molar refractivity (Wildman–Crippen MR) is 106 cm³/mol. The topological polar surface area (TPSA) is 34.9 Å². The van der Waals surface area contributed by atoms with Crippen LogP contribution in [0.3, 0.4) is 0 Å². The summed E-state index contributed by atoms with van der Waals surface area (Å²) >= 11 is 0. The Morgan fingerprint density at radius 1 is 0.778 bits per heavy atom. The van der Waals surface area contributed by atoms with E-state index in [0.29, 0.717) is 11.9 Å². The van der Waals surface area contributed by atoms with Gasteiger partial charge in [-0.2, -0.15) is 0 Å². The van der Waals surface area contributed by atoms with E-state index >= 15 is 0 Å². The van der Waals surface area contributed by atoms with Gasteiger partial charge < -0.3 is 0 Å². The summed E-state index contributed by atoms with van der Waals surface area (Å²) in [6, 6.07) is 24.9. The van der Waals surface area contributed by atoms with Crippen LogP contribution in [-0.2, 0) is 24.8 Å². The number of hydrogen-bond acceptors (Lipinski definition) is 2. The molecule has 2 aliphatic rings. The minimum Gasteiger partial charge on any atom is -0.291 e. The van der Waals surface area contributed by atoms with Gasteiger partial charge in [0, 0.05) is 0 Å². The van der Waals surface area contributed by atoms with Crippen LogP contribution >= 0.6 is 0 Å². The zero-order valence-corrected chi connectivity index (χ0v) is 14.9. The molecule has 1 aliphatic carbocycles. The van der Waals surface area contributed by atoms with Crippen LogP contribution in [0.2, 0.25) is 0 Å². The largest absolute Gasteiger partial charge is 0.291 e. The maximum Gasteiger partial charge on any atom is 0.261 e. The summed E-state index contributed by atoms with van der Waals surface area (Å²) in [5.41, 5.74) is 5.89. The van der Waals surface area contributed by atoms with Crippen LogP contribution in [0.1, 0.15) is 28.1 Å². The molecule has 0 saturated heterocycles. The summed E-state index contributed by atoms with van der Waals surface area (Å²) in [5, 5.41) is 0.700. The number of hydrogen-bond donors (Lipinski definition) is 0. The van der Waals surface area contributed by atoms with E-state index < -0.39 is 0 Å². The van der Waals surface area contributed by atoms with Crippen LogP contribution in [0.25, 0.3) is 10.9 Å². The lowest BCUT2D eigenvalue weighted by Crippen LogP contribution is -2.43. The minimum atomic E-state index is -0.262. The quantitative estimate of drug-likeness (QED) is 0.483. The molecule has 0 bridgehead atoms. The molecule has 130 valence electrons. The van der Waals surface area contributed by atoms with Crippen molar-refractivity contribution in [2.45, 2.75) is 24.8 Å². The van der Waals surface area contributed by atoms with Gasteiger partial charge in [0.2, 0.25) is 0 Å². The van der Waals surface area contributed by atoms with Gasteiger partial charge in [-0.05, 0) is 47.2 Å². The fraction of sp³-hybridized carbons (Fsp3) is 0.167. The molecule has 0 unspecified atom stereocenters. The molecule has 27 heavy (non-hydrogen) atoms. The first-order valence-electron chi connectivity index (χ1n) is 9.41. The lowest BCUT2D eigenvalue weighted by molar-refractivity contribution is 0.441. The molecule has 0 atom stereocenters. The van der Waals surface area contributed by atoms with Crippen molar-refractivity contribution in [2.75, 3.05) is 0 Å². The second-order valence-electron chi connectivity index (χ2n) is 7.71. The van der Waals surface area contributed by atoms with Crippen molar-refractivity contribution < 1.29 is 0 Å². The van der Waals surface area contributed by atoms with Gasteiger partial charge in [-0.15, -0.1) is 0 Å². The van der Waals surface area contributed by atoms with E-state index in [1.807, 2.05) is 28.8 Å². The number of fused-ring (bicyclic) bond motifs is 6. The van der Waals surface area contributed by atoms with Crippen LogP contribution < -0.4 is 5.56 Å². The van der Waals surface area contributed by atoms with Crippen molar-refractivity contribution >= 4 is 10.9 Å². The van der Waals surface area contributed by atoms with Gasteiger partial charge in [0.1, 0.15) is 5.82 Å². The number of nitrogens with zero attached hydrogens (tertiary/aromatic N) is 2. The second-order valence-corrected chi connectivity index (χ2v) is 7.71. The van der Waals surface area contributed by atoms with Crippen molar-refractivity contribution in [1.82, 2.24) is 9.55 Å². The third kappa shape index (κ3) is 1.91. The molecular weight excluding hydrogens is 332 g/mol. The molecule has 0 fully saturated rings. The molecule has 4 aromatic rings. The molecule has 1 spiro atoms. The van der Waals surface area contributed by atoms with Gasteiger partial charge in [-0.1, -0.05) is 60.7 Å². The van der Waals surface area contributed by atoms with E-state index in [1.165, 1.54) is 22.3 Å². The van der Waals surface area contributed by atoms with Crippen LogP contribution in [0.5, 0.6) is 0 Å². The van der Waals surface area contributed by atoms with Crippen LogP contribution in [-0.4, -0.2) is 9.55 Å². The Balaban J connectivity index is 1.72. The second kappa shape index (κ2) is 5.17. The molecule has 0 amide bonds. The SMILES string of the molecule is O=c1c2ccccc2nc2n1Cc1ccccc1C21Cc2ccccc2C1. The van der Waals surface area contributed by atoms with Crippen molar-refractivity contribution in [3.8, 4) is 0 Å². The molecule has 6 rings (SSSR count). The highest BCUT2D eigenvalue weighted by molar-refractivity contribution is 5.78. The van der Waals surface area contributed by atoms with Crippen molar-refractivity contribution in [3.05, 3.63) is 111 Å². The van der Waals surface area contributed by atoms with Gasteiger partial charge in [-0.3, -0.25) is 9.36 Å². The van der Waals surface area contributed by atoms with Crippen LogP contribution in [0, 0.1) is 0 Å². The molecule has 1 aromatic heterocycles. The monoisotopic (exact) mass is 350 g/mol. The Morgan fingerprint density at radius 2 is 1.41 bits per heavy atom. The van der Waals surface area contributed by atoms with Gasteiger partial charge in [0.15, 0.2) is 0 Å². The summed E-state index contributed by atoms with van der Waals surface area (Å²) in [6.07, 6.45) is 1.79. The number of para-hydroxylation sites is 1. The number of rotatable bonds is 0. The predicted octanol–water partition coefficient (Wildman–Crippen LogP) is 3.84. The van der Waals surface area contributed by atoms with E-state index in [2.05, 4.69) is 48.5 Å². The molecule has 2 heterocycles. The highest BCUT2D eigenvalue weighted by atomic mass is 16.1. The van der Waals surface area contributed by atoms with Gasteiger partial charge >= 0.3 is 0 Å². The number of benzene rings is 3. The maximum atomic E-state index is 13.3. The summed E-state index contributed by atoms with van der Waals surface area (Å²) in [6.45, 7) is 0.597. The van der Waals surface area contributed by atoms with E-state index in [9.17, 15) is 4.79 Å². The first-order chi connectivity index (χ1) is 13.3. The highest BCUT2D eigenvalue weighted by Gasteiger charge is 2.47. The Labute approximate surface area is 156 Å². The lowest BCUT2D eigenvalue weighted by atomic mass is 9.72. The molecule has 3 aromatic carbocycles. The zero-order chi connectivity index (χ0) is 18.0. The Bertz CT molecular complexity index is 1260. The summed E-state index contributed by atoms with van der Waals surface area (Å²) in [7, 11) is 0. The zero-order valence-electron chi connectivity index (χ0n) is 14.9. The smallest absolute Gasteiger partial charge is 0.261 e. The standard InChI is InChI=1S/C24H18N2O/c27-22-19-10-4-6-12-21(19)25-23-24(13-16-7-1-2-8-17(16)14-24)20-11-5-3-9-18(20)15-26(22)23/h1-12H,13-15H2. The third-order valence-corrected chi connectivity index (χ3v) is 6.25. The minimum absolute atomic E-state index is 0.0698. The molecule has 1 aliphatic heterocycles. The van der Waals surface area contributed by atoms with Gasteiger partial charge in [0.05, 0.1) is 22.9 Å². The summed E-state index contributed by atoms with van der Waals surface area (Å²) in [4.78, 5) is 18.4. The van der Waals surface area contributed by atoms with Crippen molar-refractivity contribution in [3.63, 3.8) is 0 Å². The maximum absolute atomic E-state index is 13.3. The fourth-order valence-corrected chi connectivity index (χ4v) is 5.06. The lowest BCUT2D eigenvalue weighted by Gasteiger charge is -2.37. The first kappa shape index (κ1) is 14.9. The average molecular weight is 350 g/mol. The van der Waals surface area contributed by atoms with E-state index in [0.717, 1.165) is 24.2 Å². The van der Waals surface area contributed by atoms with E-state index in [4.69, 9.17) is 4.98 Å². The highest BCUT2D eigenvalue weighted by Crippen LogP contribution is 2.47. The average Bonchev–Trinajstić information content (AvgIpc) is 3.10. The number of aromatic nitrogens is 2. The molecule has 0 N–H and O–H groups in total. The fourth-order valence-electron chi connectivity index (χ4n) is 5.06. The molecule has 0 saturated carbocycles. The van der Waals surface area contributed by atoms with E-state index in [-0.39, 0.29) is 11.0 Å². The molecule has 0 radical (unpaired) electrons. The first-order valence-corrected chi connectivity index (χ1v) is 9.41. The van der Waals surface area contributed by atoms with Gasteiger partial charge in [0.25, 0.3) is 5.56 Å².